The monoisotopic (exact) mass is 447 g/mol. The van der Waals surface area contributed by atoms with Crippen molar-refractivity contribution in [3.8, 4) is 0 Å². The van der Waals surface area contributed by atoms with Gasteiger partial charge in [-0.25, -0.2) is 0 Å². The van der Waals surface area contributed by atoms with Crippen molar-refractivity contribution >= 4 is 35.5 Å². The second-order valence-corrected chi connectivity index (χ2v) is 10.8. The van der Waals surface area contributed by atoms with Crippen LogP contribution in [0.5, 0.6) is 0 Å². The summed E-state index contributed by atoms with van der Waals surface area (Å²) in [5.41, 5.74) is 1.49. The molecule has 0 saturated carbocycles. The average molecular weight is 448 g/mol. The summed E-state index contributed by atoms with van der Waals surface area (Å²) in [7, 11) is 0. The van der Waals surface area contributed by atoms with E-state index in [2.05, 4.69) is 10.6 Å². The van der Waals surface area contributed by atoms with Crippen molar-refractivity contribution in [1.82, 2.24) is 15.5 Å². The van der Waals surface area contributed by atoms with Gasteiger partial charge >= 0.3 is 5.97 Å². The lowest BCUT2D eigenvalue weighted by atomic mass is 9.98. The zero-order valence-corrected chi connectivity index (χ0v) is 19.2. The molecule has 0 bridgehead atoms. The van der Waals surface area contributed by atoms with Crippen molar-refractivity contribution in [3.05, 3.63) is 35.4 Å². The van der Waals surface area contributed by atoms with Gasteiger partial charge in [0.1, 0.15) is 23.5 Å². The van der Waals surface area contributed by atoms with Crippen LogP contribution in [0.25, 0.3) is 0 Å². The molecule has 168 valence electrons. The van der Waals surface area contributed by atoms with Crippen LogP contribution in [0.4, 0.5) is 0 Å². The summed E-state index contributed by atoms with van der Waals surface area (Å²) in [6.45, 7) is 9.04. The lowest BCUT2D eigenvalue weighted by Crippen LogP contribution is -2.58. The van der Waals surface area contributed by atoms with Gasteiger partial charge in [0.2, 0.25) is 11.8 Å². The Kier molecular flexibility index (Phi) is 6.36. The van der Waals surface area contributed by atoms with E-state index < -0.39 is 40.7 Å². The van der Waals surface area contributed by atoms with Crippen LogP contribution in [0.2, 0.25) is 0 Å². The third kappa shape index (κ3) is 4.42. The van der Waals surface area contributed by atoms with Gasteiger partial charge in [0.15, 0.2) is 0 Å². The minimum absolute atomic E-state index is 0.0903. The van der Waals surface area contributed by atoms with Crippen LogP contribution in [0, 0.1) is 5.92 Å². The second kappa shape index (κ2) is 8.53. The number of hydrogen-bond donors (Lipinski definition) is 3. The summed E-state index contributed by atoms with van der Waals surface area (Å²) >= 11 is 1.55. The highest BCUT2D eigenvalue weighted by Crippen LogP contribution is 2.56. The van der Waals surface area contributed by atoms with Gasteiger partial charge < -0.3 is 20.6 Å². The van der Waals surface area contributed by atoms with Crippen LogP contribution < -0.4 is 10.6 Å². The van der Waals surface area contributed by atoms with Gasteiger partial charge in [-0.15, -0.1) is 11.8 Å². The van der Waals surface area contributed by atoms with Gasteiger partial charge in [0.05, 0.1) is 0 Å². The lowest BCUT2D eigenvalue weighted by Gasteiger charge is -2.31. The molecule has 1 aromatic carbocycles. The molecule has 1 fully saturated rings. The Balaban J connectivity index is 1.83. The largest absolute Gasteiger partial charge is 0.480 e. The van der Waals surface area contributed by atoms with E-state index in [4.69, 9.17) is 5.11 Å². The van der Waals surface area contributed by atoms with Crippen molar-refractivity contribution in [1.29, 1.82) is 0 Å². The fourth-order valence-electron chi connectivity index (χ4n) is 4.13. The van der Waals surface area contributed by atoms with Gasteiger partial charge in [-0.2, -0.15) is 0 Å². The van der Waals surface area contributed by atoms with Gasteiger partial charge in [-0.05, 0) is 44.7 Å². The summed E-state index contributed by atoms with van der Waals surface area (Å²) in [6.07, 6.45) is 0.349. The van der Waals surface area contributed by atoms with E-state index >= 15 is 0 Å². The minimum atomic E-state index is -1.15. The van der Waals surface area contributed by atoms with Crippen molar-refractivity contribution in [2.24, 2.45) is 5.92 Å². The Morgan fingerprint density at radius 1 is 1.16 bits per heavy atom. The summed E-state index contributed by atoms with van der Waals surface area (Å²) in [4.78, 5) is 51.9. The number of amides is 3. The molecule has 2 aliphatic heterocycles. The molecule has 1 saturated heterocycles. The van der Waals surface area contributed by atoms with Crippen LogP contribution in [0.15, 0.2) is 24.3 Å². The number of rotatable bonds is 7. The summed E-state index contributed by atoms with van der Waals surface area (Å²) in [6, 6.07) is 4.62. The van der Waals surface area contributed by atoms with Gasteiger partial charge in [-0.1, -0.05) is 32.0 Å². The number of nitrogens with one attached hydrogen (secondary N) is 2. The second-order valence-electron chi connectivity index (χ2n) is 9.04. The first-order chi connectivity index (χ1) is 14.4. The highest BCUT2D eigenvalue weighted by atomic mass is 32.2. The maximum absolute atomic E-state index is 13.4. The Labute approximate surface area is 186 Å². The minimum Gasteiger partial charge on any atom is -0.480 e. The van der Waals surface area contributed by atoms with Crippen molar-refractivity contribution < 1.29 is 24.3 Å². The number of thioether (sulfide) groups is 1. The predicted molar refractivity (Wildman–Crippen MR) is 117 cm³/mol. The number of carbonyl (C=O) groups excluding carboxylic acids is 3. The zero-order valence-electron chi connectivity index (χ0n) is 18.3. The molecule has 0 unspecified atom stereocenters. The lowest BCUT2D eigenvalue weighted by molar-refractivity contribution is -0.141. The number of carboxylic acid groups (broad SMARTS) is 1. The zero-order chi connectivity index (χ0) is 23.1. The van der Waals surface area contributed by atoms with Crippen LogP contribution in [0.3, 0.4) is 0 Å². The number of hydrogen-bond acceptors (Lipinski definition) is 5. The molecule has 0 aromatic heterocycles. The van der Waals surface area contributed by atoms with E-state index in [0.717, 1.165) is 5.56 Å². The number of nitrogens with zero attached hydrogens (tertiary/aromatic N) is 1. The van der Waals surface area contributed by atoms with E-state index in [-0.39, 0.29) is 17.2 Å². The van der Waals surface area contributed by atoms with E-state index in [1.807, 2.05) is 39.8 Å². The molecule has 1 aromatic rings. The molecule has 0 aliphatic carbocycles. The van der Waals surface area contributed by atoms with Gasteiger partial charge in [-0.3, -0.25) is 19.2 Å². The molecular formula is C22H29N3O5S. The Hall–Kier alpha value is -2.55. The average Bonchev–Trinajstić information content (AvgIpc) is 3.10. The molecular weight excluding hydrogens is 418 g/mol. The molecule has 2 heterocycles. The van der Waals surface area contributed by atoms with E-state index in [9.17, 15) is 19.2 Å². The predicted octanol–water partition coefficient (Wildman–Crippen LogP) is 2.16. The number of carboxylic acids is 1. The van der Waals surface area contributed by atoms with Gasteiger partial charge in [0.25, 0.3) is 5.91 Å². The number of aliphatic carboxylic acids is 1. The summed E-state index contributed by atoms with van der Waals surface area (Å²) < 4.78 is -0.564. The molecule has 4 atom stereocenters. The first-order valence-electron chi connectivity index (χ1n) is 10.4. The van der Waals surface area contributed by atoms with E-state index in [1.165, 1.54) is 6.92 Å². The number of benzene rings is 1. The van der Waals surface area contributed by atoms with Crippen molar-refractivity contribution in [3.63, 3.8) is 0 Å². The standard InChI is InChI=1S/C22H29N3O5S/c1-11(2)10-15(17(26)23-12(3)21(29)30)24-18(27)16-22(4,5)31-20-14-9-7-6-8-13(14)19(28)25(16)20/h6-9,11-12,15-16,20H,10H2,1-5H3,(H,23,26)(H,24,27)(H,29,30)/t12-,15-,16+,20-/m0/s1. The van der Waals surface area contributed by atoms with Crippen molar-refractivity contribution in [2.75, 3.05) is 0 Å². The third-order valence-corrected chi connectivity index (χ3v) is 7.15. The fraction of sp³-hybridized carbons (Fsp3) is 0.545. The summed E-state index contributed by atoms with van der Waals surface area (Å²) in [5.74, 6) is -2.21. The molecule has 2 aliphatic rings. The van der Waals surface area contributed by atoms with Crippen molar-refractivity contribution in [2.45, 2.75) is 69.3 Å². The molecule has 3 N–H and O–H groups in total. The molecule has 31 heavy (non-hydrogen) atoms. The quantitative estimate of drug-likeness (QED) is 0.590. The Morgan fingerprint density at radius 3 is 2.42 bits per heavy atom. The SMILES string of the molecule is CC(C)C[C@H](NC(=O)[C@H]1N2C(=O)c3ccccc3[C@@H]2SC1(C)C)C(=O)N[C@@H](C)C(=O)O. The fourth-order valence-corrected chi connectivity index (χ4v) is 5.72. The smallest absolute Gasteiger partial charge is 0.325 e. The van der Waals surface area contributed by atoms with Crippen LogP contribution in [-0.2, 0) is 14.4 Å². The first-order valence-corrected chi connectivity index (χ1v) is 11.2. The maximum Gasteiger partial charge on any atom is 0.325 e. The van der Waals surface area contributed by atoms with Crippen LogP contribution in [-0.4, -0.2) is 56.6 Å². The molecule has 0 spiro atoms. The first kappa shape index (κ1) is 23.1. The van der Waals surface area contributed by atoms with Gasteiger partial charge in [0, 0.05) is 10.3 Å². The summed E-state index contributed by atoms with van der Waals surface area (Å²) in [5, 5.41) is 14.1. The van der Waals surface area contributed by atoms with E-state index in [0.29, 0.717) is 12.0 Å². The van der Waals surface area contributed by atoms with E-state index in [1.54, 1.807) is 28.8 Å². The Morgan fingerprint density at radius 2 is 1.81 bits per heavy atom. The molecule has 9 heteroatoms. The Bertz CT molecular complexity index is 916. The maximum atomic E-state index is 13.4. The molecule has 3 amide bonds. The van der Waals surface area contributed by atoms with Crippen LogP contribution >= 0.6 is 11.8 Å². The molecule has 3 rings (SSSR count). The highest BCUT2D eigenvalue weighted by molar-refractivity contribution is 8.01. The topological polar surface area (TPSA) is 116 Å². The molecule has 8 nitrogen and oxygen atoms in total. The normalized spacial score (nSPS) is 23.2. The highest BCUT2D eigenvalue weighted by Gasteiger charge is 2.57. The van der Waals surface area contributed by atoms with Crippen LogP contribution in [0.1, 0.15) is 62.3 Å². The molecule has 0 radical (unpaired) electrons. The number of fused-ring (bicyclic) bond motifs is 3. The number of carbonyl (C=O) groups is 4. The third-order valence-electron chi connectivity index (χ3n) is 5.61.